The van der Waals surface area contributed by atoms with Crippen molar-refractivity contribution < 1.29 is 19.4 Å². The summed E-state index contributed by atoms with van der Waals surface area (Å²) in [6, 6.07) is -0.372. The molecule has 0 aromatic rings. The Bertz CT molecular complexity index is 308. The van der Waals surface area contributed by atoms with E-state index in [0.29, 0.717) is 19.7 Å². The molecule has 0 saturated carbocycles. The first-order valence-electron chi connectivity index (χ1n) is 6.18. The average molecular weight is 258 g/mol. The number of likely N-dealkylation sites (N-methyl/N-ethyl adjacent to an activating group) is 1. The lowest BCUT2D eigenvalue weighted by Crippen LogP contribution is -2.47. The predicted molar refractivity (Wildman–Crippen MR) is 66.3 cm³/mol. The minimum absolute atomic E-state index is 0.110. The Hall–Kier alpha value is -1.14. The van der Waals surface area contributed by atoms with Crippen molar-refractivity contribution in [1.82, 2.24) is 9.80 Å². The molecule has 1 N–H and O–H groups in total. The molecule has 0 spiro atoms. The SMILES string of the molecule is COCCN1CCC(C)N(C)C(CC(=O)O)C1=O. The van der Waals surface area contributed by atoms with Crippen LogP contribution < -0.4 is 0 Å². The van der Waals surface area contributed by atoms with Crippen molar-refractivity contribution in [1.29, 1.82) is 0 Å². The number of hydrogen-bond donors (Lipinski definition) is 1. The van der Waals surface area contributed by atoms with Gasteiger partial charge in [-0.2, -0.15) is 0 Å². The van der Waals surface area contributed by atoms with E-state index in [9.17, 15) is 9.59 Å². The second kappa shape index (κ2) is 6.70. The summed E-state index contributed by atoms with van der Waals surface area (Å²) in [6.45, 7) is 3.67. The van der Waals surface area contributed by atoms with E-state index >= 15 is 0 Å². The fourth-order valence-electron chi connectivity index (χ4n) is 2.17. The third-order valence-corrected chi connectivity index (χ3v) is 3.53. The molecular weight excluding hydrogens is 236 g/mol. The van der Waals surface area contributed by atoms with Gasteiger partial charge < -0.3 is 14.7 Å². The molecule has 0 aliphatic carbocycles. The maximum absolute atomic E-state index is 12.3. The molecule has 2 atom stereocenters. The van der Waals surface area contributed by atoms with E-state index in [-0.39, 0.29) is 18.4 Å². The van der Waals surface area contributed by atoms with E-state index in [1.165, 1.54) is 0 Å². The molecular formula is C12H22N2O4. The highest BCUT2D eigenvalue weighted by molar-refractivity contribution is 5.86. The van der Waals surface area contributed by atoms with E-state index in [1.54, 1.807) is 12.0 Å². The van der Waals surface area contributed by atoms with Gasteiger partial charge in [0.15, 0.2) is 0 Å². The van der Waals surface area contributed by atoms with Crippen LogP contribution in [0.5, 0.6) is 0 Å². The van der Waals surface area contributed by atoms with Crippen molar-refractivity contribution in [2.75, 3.05) is 33.9 Å². The van der Waals surface area contributed by atoms with Gasteiger partial charge in [0.1, 0.15) is 0 Å². The Balaban J connectivity index is 2.80. The zero-order valence-electron chi connectivity index (χ0n) is 11.3. The van der Waals surface area contributed by atoms with E-state index < -0.39 is 12.0 Å². The molecule has 0 radical (unpaired) electrons. The number of carboxylic acids is 1. The van der Waals surface area contributed by atoms with Gasteiger partial charge in [-0.25, -0.2) is 0 Å². The van der Waals surface area contributed by atoms with Crippen LogP contribution in [0.2, 0.25) is 0 Å². The average Bonchev–Trinajstić information content (AvgIpc) is 2.41. The lowest BCUT2D eigenvalue weighted by molar-refractivity contribution is -0.145. The largest absolute Gasteiger partial charge is 0.481 e. The number of carbonyl (C=O) groups is 2. The normalized spacial score (nSPS) is 26.2. The summed E-state index contributed by atoms with van der Waals surface area (Å²) in [5.74, 6) is -1.05. The molecule has 0 bridgehead atoms. The van der Waals surface area contributed by atoms with Gasteiger partial charge in [-0.05, 0) is 20.4 Å². The number of carboxylic acid groups (broad SMARTS) is 1. The zero-order valence-corrected chi connectivity index (χ0v) is 11.3. The number of ether oxygens (including phenoxy) is 1. The molecule has 0 aromatic heterocycles. The van der Waals surface area contributed by atoms with Crippen molar-refractivity contribution >= 4 is 11.9 Å². The van der Waals surface area contributed by atoms with E-state index in [1.807, 2.05) is 18.9 Å². The summed E-state index contributed by atoms with van der Waals surface area (Å²) in [4.78, 5) is 26.8. The summed E-state index contributed by atoms with van der Waals surface area (Å²) in [5.41, 5.74) is 0. The van der Waals surface area contributed by atoms with Crippen LogP contribution in [0.25, 0.3) is 0 Å². The lowest BCUT2D eigenvalue weighted by Gasteiger charge is -2.29. The minimum Gasteiger partial charge on any atom is -0.481 e. The Morgan fingerprint density at radius 2 is 2.22 bits per heavy atom. The van der Waals surface area contributed by atoms with Crippen LogP contribution in [0.1, 0.15) is 19.8 Å². The molecule has 1 heterocycles. The molecule has 6 heteroatoms. The van der Waals surface area contributed by atoms with E-state index in [2.05, 4.69) is 0 Å². The van der Waals surface area contributed by atoms with Crippen LogP contribution in [0, 0.1) is 0 Å². The molecule has 1 rings (SSSR count). The Labute approximate surface area is 107 Å². The molecule has 1 amide bonds. The number of rotatable bonds is 5. The summed E-state index contributed by atoms with van der Waals surface area (Å²) in [7, 11) is 3.40. The fourth-order valence-corrected chi connectivity index (χ4v) is 2.17. The highest BCUT2D eigenvalue weighted by atomic mass is 16.5. The van der Waals surface area contributed by atoms with E-state index in [0.717, 1.165) is 6.42 Å². The molecule has 1 fully saturated rings. The van der Waals surface area contributed by atoms with Crippen molar-refractivity contribution in [3.8, 4) is 0 Å². The molecule has 0 aromatic carbocycles. The molecule has 1 aliphatic rings. The van der Waals surface area contributed by atoms with Gasteiger partial charge in [0.05, 0.1) is 19.1 Å². The molecule has 18 heavy (non-hydrogen) atoms. The standard InChI is InChI=1S/C12H22N2O4/c1-9-4-5-14(6-7-18-3)12(17)10(13(9)2)8-11(15)16/h9-10H,4-8H2,1-3H3,(H,15,16). The van der Waals surface area contributed by atoms with Crippen LogP contribution in [0.4, 0.5) is 0 Å². The first kappa shape index (κ1) is 14.9. The summed E-state index contributed by atoms with van der Waals surface area (Å²) < 4.78 is 4.98. The van der Waals surface area contributed by atoms with Crippen molar-refractivity contribution in [2.24, 2.45) is 0 Å². The number of hydrogen-bond acceptors (Lipinski definition) is 4. The quantitative estimate of drug-likeness (QED) is 0.753. The maximum atomic E-state index is 12.3. The number of carbonyl (C=O) groups excluding carboxylic acids is 1. The third kappa shape index (κ3) is 3.68. The molecule has 2 unspecified atom stereocenters. The number of amides is 1. The summed E-state index contributed by atoms with van der Waals surface area (Å²) in [5, 5.41) is 8.92. The van der Waals surface area contributed by atoms with E-state index in [4.69, 9.17) is 9.84 Å². The molecule has 1 saturated heterocycles. The number of methoxy groups -OCH3 is 1. The third-order valence-electron chi connectivity index (χ3n) is 3.53. The Kier molecular flexibility index (Phi) is 5.55. The van der Waals surface area contributed by atoms with Crippen molar-refractivity contribution in [2.45, 2.75) is 31.8 Å². The molecule has 104 valence electrons. The smallest absolute Gasteiger partial charge is 0.305 e. The minimum atomic E-state index is -0.944. The zero-order chi connectivity index (χ0) is 13.7. The lowest BCUT2D eigenvalue weighted by atomic mass is 10.1. The number of aliphatic carboxylic acids is 1. The Morgan fingerprint density at radius 1 is 1.56 bits per heavy atom. The van der Waals surface area contributed by atoms with Gasteiger partial charge in [0, 0.05) is 26.2 Å². The fraction of sp³-hybridized carbons (Fsp3) is 0.833. The van der Waals surface area contributed by atoms with Gasteiger partial charge in [0.25, 0.3) is 0 Å². The van der Waals surface area contributed by atoms with Gasteiger partial charge in [-0.1, -0.05) is 0 Å². The van der Waals surface area contributed by atoms with Crippen LogP contribution in [0.15, 0.2) is 0 Å². The van der Waals surface area contributed by atoms with Gasteiger partial charge >= 0.3 is 5.97 Å². The second-order valence-electron chi connectivity index (χ2n) is 4.73. The van der Waals surface area contributed by atoms with Gasteiger partial charge in [-0.15, -0.1) is 0 Å². The van der Waals surface area contributed by atoms with Crippen LogP contribution in [0.3, 0.4) is 0 Å². The topological polar surface area (TPSA) is 70.1 Å². The highest BCUT2D eigenvalue weighted by Gasteiger charge is 2.34. The number of nitrogens with zero attached hydrogens (tertiary/aromatic N) is 2. The molecule has 6 nitrogen and oxygen atoms in total. The first-order chi connectivity index (χ1) is 8.47. The summed E-state index contributed by atoms with van der Waals surface area (Å²) >= 11 is 0. The predicted octanol–water partition coefficient (Wildman–Crippen LogP) is 0.0287. The first-order valence-corrected chi connectivity index (χ1v) is 6.18. The van der Waals surface area contributed by atoms with Crippen LogP contribution in [-0.2, 0) is 14.3 Å². The van der Waals surface area contributed by atoms with Crippen molar-refractivity contribution in [3.05, 3.63) is 0 Å². The van der Waals surface area contributed by atoms with Crippen molar-refractivity contribution in [3.63, 3.8) is 0 Å². The Morgan fingerprint density at radius 3 is 2.78 bits per heavy atom. The van der Waals surface area contributed by atoms with Gasteiger partial charge in [0.2, 0.25) is 5.91 Å². The summed E-state index contributed by atoms with van der Waals surface area (Å²) in [6.07, 6.45) is 0.700. The van der Waals surface area contributed by atoms with Crippen LogP contribution in [-0.4, -0.2) is 72.7 Å². The molecule has 1 aliphatic heterocycles. The van der Waals surface area contributed by atoms with Gasteiger partial charge in [-0.3, -0.25) is 14.5 Å². The second-order valence-corrected chi connectivity index (χ2v) is 4.73. The maximum Gasteiger partial charge on any atom is 0.305 e. The monoisotopic (exact) mass is 258 g/mol. The highest BCUT2D eigenvalue weighted by Crippen LogP contribution is 2.17. The van der Waals surface area contributed by atoms with Crippen LogP contribution >= 0.6 is 0 Å².